The third kappa shape index (κ3) is 4.38. The van der Waals surface area contributed by atoms with Gasteiger partial charge in [-0.05, 0) is 23.3 Å². The van der Waals surface area contributed by atoms with Crippen LogP contribution in [0.5, 0.6) is 5.75 Å². The number of anilines is 3. The number of aromatic nitrogens is 2. The van der Waals surface area contributed by atoms with E-state index in [-0.39, 0.29) is 0 Å². The molecule has 0 fully saturated rings. The van der Waals surface area contributed by atoms with Crippen LogP contribution >= 0.6 is 0 Å². The normalized spacial score (nSPS) is 10.3. The van der Waals surface area contributed by atoms with Gasteiger partial charge < -0.3 is 21.1 Å². The molecule has 128 valence electrons. The predicted octanol–water partition coefficient (Wildman–Crippen LogP) is 3.29. The van der Waals surface area contributed by atoms with Crippen molar-refractivity contribution in [3.05, 3.63) is 72.1 Å². The second-order valence-corrected chi connectivity index (χ2v) is 5.53. The largest absolute Gasteiger partial charge is 0.497 e. The van der Waals surface area contributed by atoms with Gasteiger partial charge in [0, 0.05) is 13.1 Å². The van der Waals surface area contributed by atoms with Crippen molar-refractivity contribution in [2.75, 3.05) is 23.5 Å². The van der Waals surface area contributed by atoms with Crippen LogP contribution in [-0.4, -0.2) is 17.1 Å². The van der Waals surface area contributed by atoms with Crippen molar-refractivity contribution in [1.29, 1.82) is 0 Å². The van der Waals surface area contributed by atoms with Crippen LogP contribution in [-0.2, 0) is 13.1 Å². The Kier molecular flexibility index (Phi) is 5.31. The minimum absolute atomic E-state index is 0.506. The van der Waals surface area contributed by atoms with Crippen LogP contribution in [0.4, 0.5) is 17.3 Å². The van der Waals surface area contributed by atoms with E-state index in [1.165, 1.54) is 6.33 Å². The van der Waals surface area contributed by atoms with Gasteiger partial charge in [0.25, 0.3) is 0 Å². The van der Waals surface area contributed by atoms with E-state index in [0.717, 1.165) is 16.9 Å². The number of benzene rings is 2. The van der Waals surface area contributed by atoms with Gasteiger partial charge in [0.2, 0.25) is 0 Å². The Morgan fingerprint density at radius 2 is 1.40 bits per heavy atom. The maximum absolute atomic E-state index is 6.19. The first-order valence-corrected chi connectivity index (χ1v) is 8.01. The smallest absolute Gasteiger partial charge is 0.155 e. The maximum Gasteiger partial charge on any atom is 0.155 e. The number of methoxy groups -OCH3 is 1. The highest BCUT2D eigenvalue weighted by Crippen LogP contribution is 2.23. The maximum atomic E-state index is 6.19. The Hall–Kier alpha value is -3.28. The van der Waals surface area contributed by atoms with Crippen LogP contribution in [0.3, 0.4) is 0 Å². The Morgan fingerprint density at radius 1 is 0.840 bits per heavy atom. The van der Waals surface area contributed by atoms with Crippen molar-refractivity contribution in [1.82, 2.24) is 9.97 Å². The fourth-order valence-electron chi connectivity index (χ4n) is 2.39. The lowest BCUT2D eigenvalue weighted by Gasteiger charge is -2.13. The SMILES string of the molecule is COc1ccc(CNc2ncnc(NCc3ccccc3)c2N)cc1. The first-order chi connectivity index (χ1) is 12.3. The molecule has 6 heteroatoms. The summed E-state index contributed by atoms with van der Waals surface area (Å²) in [6, 6.07) is 17.9. The van der Waals surface area contributed by atoms with Crippen molar-refractivity contribution in [3.8, 4) is 5.75 Å². The monoisotopic (exact) mass is 335 g/mol. The zero-order chi connectivity index (χ0) is 17.5. The summed E-state index contributed by atoms with van der Waals surface area (Å²) in [5.74, 6) is 2.06. The van der Waals surface area contributed by atoms with Crippen LogP contribution in [0.25, 0.3) is 0 Å². The van der Waals surface area contributed by atoms with Gasteiger partial charge in [-0.15, -0.1) is 0 Å². The second-order valence-electron chi connectivity index (χ2n) is 5.53. The van der Waals surface area contributed by atoms with E-state index in [9.17, 15) is 0 Å². The number of nitrogen functional groups attached to an aromatic ring is 1. The molecular formula is C19H21N5O. The number of nitrogens with two attached hydrogens (primary N) is 1. The van der Waals surface area contributed by atoms with Gasteiger partial charge in [-0.3, -0.25) is 0 Å². The van der Waals surface area contributed by atoms with Gasteiger partial charge in [0.15, 0.2) is 11.6 Å². The van der Waals surface area contributed by atoms with Crippen molar-refractivity contribution in [3.63, 3.8) is 0 Å². The molecule has 0 aliphatic rings. The molecule has 1 aromatic heterocycles. The lowest BCUT2D eigenvalue weighted by molar-refractivity contribution is 0.414. The first kappa shape index (κ1) is 16.6. The zero-order valence-electron chi connectivity index (χ0n) is 14.1. The summed E-state index contributed by atoms with van der Waals surface area (Å²) in [5.41, 5.74) is 8.96. The Bertz CT molecular complexity index is 806. The highest BCUT2D eigenvalue weighted by molar-refractivity contribution is 5.74. The molecule has 0 aliphatic heterocycles. The van der Waals surface area contributed by atoms with Crippen LogP contribution < -0.4 is 21.1 Å². The molecule has 4 N–H and O–H groups in total. The minimum atomic E-state index is 0.506. The molecule has 0 amide bonds. The van der Waals surface area contributed by atoms with Crippen LogP contribution in [0.1, 0.15) is 11.1 Å². The Morgan fingerprint density at radius 3 is 1.96 bits per heavy atom. The molecule has 0 bridgehead atoms. The third-order valence-electron chi connectivity index (χ3n) is 3.81. The van der Waals surface area contributed by atoms with Gasteiger partial charge in [-0.25, -0.2) is 9.97 Å². The third-order valence-corrected chi connectivity index (χ3v) is 3.81. The van der Waals surface area contributed by atoms with Gasteiger partial charge in [-0.1, -0.05) is 42.5 Å². The molecule has 0 radical (unpaired) electrons. The molecule has 0 aliphatic carbocycles. The zero-order valence-corrected chi connectivity index (χ0v) is 14.1. The highest BCUT2D eigenvalue weighted by atomic mass is 16.5. The first-order valence-electron chi connectivity index (χ1n) is 8.01. The molecule has 3 aromatic rings. The molecule has 0 unspecified atom stereocenters. The number of nitrogens with zero attached hydrogens (tertiary/aromatic N) is 2. The van der Waals surface area contributed by atoms with Gasteiger partial charge in [0.1, 0.15) is 17.8 Å². The summed E-state index contributed by atoms with van der Waals surface area (Å²) in [5, 5.41) is 6.50. The minimum Gasteiger partial charge on any atom is -0.497 e. The fourth-order valence-corrected chi connectivity index (χ4v) is 2.39. The number of nitrogens with one attached hydrogen (secondary N) is 2. The predicted molar refractivity (Wildman–Crippen MR) is 101 cm³/mol. The van der Waals surface area contributed by atoms with E-state index >= 15 is 0 Å². The number of ether oxygens (including phenoxy) is 1. The molecule has 0 atom stereocenters. The van der Waals surface area contributed by atoms with E-state index in [1.54, 1.807) is 7.11 Å². The lowest BCUT2D eigenvalue weighted by Crippen LogP contribution is -2.10. The van der Waals surface area contributed by atoms with Crippen molar-refractivity contribution >= 4 is 17.3 Å². The van der Waals surface area contributed by atoms with E-state index in [1.807, 2.05) is 54.6 Å². The quantitative estimate of drug-likeness (QED) is 0.614. The summed E-state index contributed by atoms with van der Waals surface area (Å²) in [4.78, 5) is 8.46. The van der Waals surface area contributed by atoms with Crippen molar-refractivity contribution < 1.29 is 4.74 Å². The molecule has 0 spiro atoms. The molecular weight excluding hydrogens is 314 g/mol. The molecule has 6 nitrogen and oxygen atoms in total. The molecule has 0 saturated heterocycles. The number of rotatable bonds is 7. The summed E-state index contributed by atoms with van der Waals surface area (Å²) < 4.78 is 5.16. The summed E-state index contributed by atoms with van der Waals surface area (Å²) in [7, 11) is 1.65. The molecule has 0 saturated carbocycles. The van der Waals surface area contributed by atoms with Crippen LogP contribution in [0.2, 0.25) is 0 Å². The summed E-state index contributed by atoms with van der Waals surface area (Å²) in [6.07, 6.45) is 1.50. The number of hydrogen-bond acceptors (Lipinski definition) is 6. The van der Waals surface area contributed by atoms with Crippen molar-refractivity contribution in [2.45, 2.75) is 13.1 Å². The molecule has 2 aromatic carbocycles. The highest BCUT2D eigenvalue weighted by Gasteiger charge is 2.07. The van der Waals surface area contributed by atoms with Gasteiger partial charge in [0.05, 0.1) is 7.11 Å². The molecule has 25 heavy (non-hydrogen) atoms. The van der Waals surface area contributed by atoms with Gasteiger partial charge >= 0.3 is 0 Å². The van der Waals surface area contributed by atoms with Gasteiger partial charge in [-0.2, -0.15) is 0 Å². The fraction of sp³-hybridized carbons (Fsp3) is 0.158. The van der Waals surface area contributed by atoms with Crippen molar-refractivity contribution in [2.24, 2.45) is 0 Å². The number of hydrogen-bond donors (Lipinski definition) is 3. The lowest BCUT2D eigenvalue weighted by atomic mass is 10.2. The average molecular weight is 335 g/mol. The van der Waals surface area contributed by atoms with Crippen LogP contribution in [0, 0.1) is 0 Å². The Balaban J connectivity index is 1.63. The van der Waals surface area contributed by atoms with Crippen LogP contribution in [0.15, 0.2) is 60.9 Å². The Labute approximate surface area is 147 Å². The topological polar surface area (TPSA) is 85.1 Å². The van der Waals surface area contributed by atoms with E-state index in [2.05, 4.69) is 20.6 Å². The summed E-state index contributed by atoms with van der Waals surface area (Å²) >= 11 is 0. The van der Waals surface area contributed by atoms with E-state index in [0.29, 0.717) is 30.4 Å². The summed E-state index contributed by atoms with van der Waals surface area (Å²) in [6.45, 7) is 1.27. The standard InChI is InChI=1S/C19H21N5O/c1-25-16-9-7-15(8-10-16)12-22-19-17(20)18(23-13-24-19)21-11-14-5-3-2-4-6-14/h2-10,13H,11-12,20H2,1H3,(H2,21,22,23,24). The second kappa shape index (κ2) is 8.01. The molecule has 3 rings (SSSR count). The van der Waals surface area contributed by atoms with E-state index in [4.69, 9.17) is 10.5 Å². The molecule has 1 heterocycles. The van der Waals surface area contributed by atoms with E-state index < -0.39 is 0 Å². The average Bonchev–Trinajstić information content (AvgIpc) is 2.67.